The van der Waals surface area contributed by atoms with Crippen molar-refractivity contribution in [2.75, 3.05) is 13.2 Å². The third kappa shape index (κ3) is 5.67. The van der Waals surface area contributed by atoms with E-state index in [-0.39, 0.29) is 11.5 Å². The topological polar surface area (TPSA) is 64.3 Å². The highest BCUT2D eigenvalue weighted by atomic mass is 32.1. The number of carbonyl (C=O) groups is 1. The van der Waals surface area contributed by atoms with Gasteiger partial charge in [0.25, 0.3) is 0 Å². The summed E-state index contributed by atoms with van der Waals surface area (Å²) in [5.41, 5.74) is 6.91. The predicted octanol–water partition coefficient (Wildman–Crippen LogP) is 1.79. The zero-order chi connectivity index (χ0) is 15.2. The molecule has 1 rings (SSSR count). The molecule has 4 nitrogen and oxygen atoms in total. The van der Waals surface area contributed by atoms with E-state index in [9.17, 15) is 4.79 Å². The average Bonchev–Trinajstić information content (AvgIpc) is 2.37. The summed E-state index contributed by atoms with van der Waals surface area (Å²) >= 11 is 4.89. The quantitative estimate of drug-likeness (QED) is 0.753. The molecule has 20 heavy (non-hydrogen) atoms. The Bertz CT molecular complexity index is 469. The van der Waals surface area contributed by atoms with Gasteiger partial charge in [0.05, 0.1) is 12.0 Å². The van der Waals surface area contributed by atoms with Crippen molar-refractivity contribution < 1.29 is 9.53 Å². The monoisotopic (exact) mass is 294 g/mol. The number of benzene rings is 1. The Kier molecular flexibility index (Phi) is 6.10. The van der Waals surface area contributed by atoms with E-state index in [2.05, 4.69) is 5.32 Å². The number of hydrogen-bond donors (Lipinski definition) is 2. The van der Waals surface area contributed by atoms with Crippen LogP contribution >= 0.6 is 12.2 Å². The molecule has 110 valence electrons. The summed E-state index contributed by atoms with van der Waals surface area (Å²) in [5.74, 6) is -0.0270. The first-order chi connectivity index (χ1) is 9.34. The lowest BCUT2D eigenvalue weighted by Crippen LogP contribution is -2.41. The first kappa shape index (κ1) is 16.6. The standard InChI is InChI=1S/C15H22N2O2S/c1-4-19-15(2,3)10-17-13(18)9-11-5-7-12(8-6-11)14(16)20/h5-8H,4,9-10H2,1-3H3,(H2,16,20)(H,17,18). The summed E-state index contributed by atoms with van der Waals surface area (Å²) in [6.07, 6.45) is 0.333. The molecular weight excluding hydrogens is 272 g/mol. The van der Waals surface area contributed by atoms with Crippen LogP contribution in [0.25, 0.3) is 0 Å². The largest absolute Gasteiger partial charge is 0.389 e. The number of nitrogens with one attached hydrogen (secondary N) is 1. The van der Waals surface area contributed by atoms with Crippen LogP contribution in [0.15, 0.2) is 24.3 Å². The van der Waals surface area contributed by atoms with Crippen LogP contribution < -0.4 is 11.1 Å². The molecule has 0 aliphatic carbocycles. The van der Waals surface area contributed by atoms with Crippen LogP contribution in [-0.2, 0) is 16.0 Å². The van der Waals surface area contributed by atoms with Gasteiger partial charge < -0.3 is 15.8 Å². The van der Waals surface area contributed by atoms with E-state index in [1.54, 1.807) is 0 Å². The first-order valence-electron chi connectivity index (χ1n) is 6.63. The summed E-state index contributed by atoms with van der Waals surface area (Å²) in [7, 11) is 0. The van der Waals surface area contributed by atoms with Crippen LogP contribution in [0.2, 0.25) is 0 Å². The van der Waals surface area contributed by atoms with Crippen LogP contribution in [0.4, 0.5) is 0 Å². The van der Waals surface area contributed by atoms with E-state index < -0.39 is 0 Å². The molecule has 3 N–H and O–H groups in total. The number of thiocarbonyl (C=S) groups is 1. The molecule has 1 aromatic carbocycles. The van der Waals surface area contributed by atoms with Crippen LogP contribution in [0.3, 0.4) is 0 Å². The van der Waals surface area contributed by atoms with Crippen molar-refractivity contribution >= 4 is 23.1 Å². The van der Waals surface area contributed by atoms with Gasteiger partial charge in [-0.3, -0.25) is 4.79 Å². The molecule has 1 aromatic rings. The predicted molar refractivity (Wildman–Crippen MR) is 84.7 cm³/mol. The molecule has 1 amide bonds. The van der Waals surface area contributed by atoms with Crippen molar-refractivity contribution in [3.63, 3.8) is 0 Å². The van der Waals surface area contributed by atoms with E-state index in [1.165, 1.54) is 0 Å². The summed E-state index contributed by atoms with van der Waals surface area (Å²) in [6.45, 7) is 6.96. The van der Waals surface area contributed by atoms with E-state index in [4.69, 9.17) is 22.7 Å². The zero-order valence-electron chi connectivity index (χ0n) is 12.2. The van der Waals surface area contributed by atoms with Gasteiger partial charge in [0.15, 0.2) is 0 Å². The number of nitrogens with two attached hydrogens (primary N) is 1. The maximum atomic E-state index is 11.9. The number of hydrogen-bond acceptors (Lipinski definition) is 3. The summed E-state index contributed by atoms with van der Waals surface area (Å²) in [5, 5.41) is 2.88. The molecule has 0 spiro atoms. The van der Waals surface area contributed by atoms with Crippen molar-refractivity contribution in [1.29, 1.82) is 0 Å². The number of rotatable bonds is 7. The Hall–Kier alpha value is -1.46. The molecule has 0 unspecified atom stereocenters. The molecule has 0 aliphatic rings. The molecule has 5 heteroatoms. The van der Waals surface area contributed by atoms with Gasteiger partial charge in [0, 0.05) is 18.7 Å². The smallest absolute Gasteiger partial charge is 0.224 e. The van der Waals surface area contributed by atoms with Crippen LogP contribution in [0.1, 0.15) is 31.9 Å². The second-order valence-corrected chi connectivity index (χ2v) is 5.65. The second-order valence-electron chi connectivity index (χ2n) is 5.21. The Labute approximate surface area is 125 Å². The van der Waals surface area contributed by atoms with Gasteiger partial charge in [-0.05, 0) is 26.3 Å². The lowest BCUT2D eigenvalue weighted by molar-refractivity contribution is -0.122. The number of ether oxygens (including phenoxy) is 1. The minimum Gasteiger partial charge on any atom is -0.389 e. The summed E-state index contributed by atoms with van der Waals surface area (Å²) in [4.78, 5) is 12.2. The van der Waals surface area contributed by atoms with E-state index in [1.807, 2.05) is 45.0 Å². The fraction of sp³-hybridized carbons (Fsp3) is 0.467. The highest BCUT2D eigenvalue weighted by molar-refractivity contribution is 7.80. The maximum absolute atomic E-state index is 11.9. The maximum Gasteiger partial charge on any atom is 0.224 e. The van der Waals surface area contributed by atoms with E-state index >= 15 is 0 Å². The summed E-state index contributed by atoms with van der Waals surface area (Å²) in [6, 6.07) is 7.38. The van der Waals surface area contributed by atoms with Crippen LogP contribution in [0, 0.1) is 0 Å². The third-order valence-electron chi connectivity index (χ3n) is 2.85. The fourth-order valence-corrected chi connectivity index (χ4v) is 1.92. The lowest BCUT2D eigenvalue weighted by atomic mass is 10.1. The van der Waals surface area contributed by atoms with Crippen LogP contribution in [-0.4, -0.2) is 29.6 Å². The SMILES string of the molecule is CCOC(C)(C)CNC(=O)Cc1ccc(C(N)=S)cc1. The summed E-state index contributed by atoms with van der Waals surface area (Å²) < 4.78 is 5.53. The van der Waals surface area contributed by atoms with Gasteiger partial charge in [0.2, 0.25) is 5.91 Å². The van der Waals surface area contributed by atoms with Gasteiger partial charge in [-0.25, -0.2) is 0 Å². The Morgan fingerprint density at radius 1 is 1.35 bits per heavy atom. The number of amides is 1. The van der Waals surface area contributed by atoms with Crippen molar-refractivity contribution in [2.45, 2.75) is 32.8 Å². The molecule has 0 bridgehead atoms. The van der Waals surface area contributed by atoms with Crippen molar-refractivity contribution in [3.05, 3.63) is 35.4 Å². The molecule has 0 heterocycles. The van der Waals surface area contributed by atoms with Crippen LogP contribution in [0.5, 0.6) is 0 Å². The van der Waals surface area contributed by atoms with Gasteiger partial charge in [0.1, 0.15) is 4.99 Å². The van der Waals surface area contributed by atoms with Crippen molar-refractivity contribution in [2.24, 2.45) is 5.73 Å². The van der Waals surface area contributed by atoms with Gasteiger partial charge in [-0.15, -0.1) is 0 Å². The van der Waals surface area contributed by atoms with Gasteiger partial charge in [-0.2, -0.15) is 0 Å². The molecule has 0 aromatic heterocycles. The molecular formula is C15H22N2O2S. The highest BCUT2D eigenvalue weighted by Crippen LogP contribution is 2.08. The van der Waals surface area contributed by atoms with E-state index in [0.717, 1.165) is 11.1 Å². The number of carbonyl (C=O) groups excluding carboxylic acids is 1. The van der Waals surface area contributed by atoms with Crippen molar-refractivity contribution in [3.8, 4) is 0 Å². The highest BCUT2D eigenvalue weighted by Gasteiger charge is 2.18. The normalized spacial score (nSPS) is 11.2. The molecule has 0 saturated carbocycles. The molecule has 0 atom stereocenters. The Balaban J connectivity index is 2.48. The molecule has 0 saturated heterocycles. The Morgan fingerprint density at radius 3 is 2.45 bits per heavy atom. The molecule has 0 aliphatic heterocycles. The minimum atomic E-state index is -0.347. The van der Waals surface area contributed by atoms with Gasteiger partial charge in [-0.1, -0.05) is 36.5 Å². The zero-order valence-corrected chi connectivity index (χ0v) is 13.0. The third-order valence-corrected chi connectivity index (χ3v) is 3.09. The average molecular weight is 294 g/mol. The lowest BCUT2D eigenvalue weighted by Gasteiger charge is -2.24. The van der Waals surface area contributed by atoms with Crippen molar-refractivity contribution in [1.82, 2.24) is 5.32 Å². The molecule has 0 fully saturated rings. The molecule has 0 radical (unpaired) electrons. The second kappa shape index (κ2) is 7.36. The fourth-order valence-electron chi connectivity index (χ4n) is 1.79. The first-order valence-corrected chi connectivity index (χ1v) is 7.04. The van der Waals surface area contributed by atoms with E-state index in [0.29, 0.717) is 24.6 Å². The Morgan fingerprint density at radius 2 is 1.95 bits per heavy atom. The minimum absolute atomic E-state index is 0.0270. The van der Waals surface area contributed by atoms with Gasteiger partial charge >= 0.3 is 0 Å².